The molecule has 2 aromatic heterocycles. The third kappa shape index (κ3) is 6.02. The molecule has 0 spiro atoms. The Hall–Kier alpha value is -4.16. The number of nitrogens with zero attached hydrogens (tertiary/aromatic N) is 4. The summed E-state index contributed by atoms with van der Waals surface area (Å²) in [5.74, 6) is 0.166. The molecule has 0 aliphatic carbocycles. The molecule has 6 rings (SSSR count). The fourth-order valence-corrected chi connectivity index (χ4v) is 7.08. The molecule has 0 saturated carbocycles. The van der Waals surface area contributed by atoms with Gasteiger partial charge in [0.15, 0.2) is 5.82 Å². The zero-order valence-electron chi connectivity index (χ0n) is 24.3. The van der Waals surface area contributed by atoms with Crippen LogP contribution in [0.3, 0.4) is 0 Å². The van der Waals surface area contributed by atoms with Gasteiger partial charge in [0.2, 0.25) is 17.7 Å². The van der Waals surface area contributed by atoms with Crippen molar-refractivity contribution in [3.8, 4) is 0 Å². The molecule has 2 aromatic carbocycles. The van der Waals surface area contributed by atoms with E-state index >= 15 is 0 Å². The fourth-order valence-electron chi connectivity index (χ4n) is 6.12. The van der Waals surface area contributed by atoms with Crippen molar-refractivity contribution < 1.29 is 14.4 Å². The fraction of sp³-hybridized carbons (Fsp3) is 0.419. The minimum atomic E-state index is -0.663. The van der Waals surface area contributed by atoms with Crippen LogP contribution in [0, 0.1) is 5.92 Å². The number of aromatic amines is 1. The van der Waals surface area contributed by atoms with Crippen molar-refractivity contribution in [1.82, 2.24) is 36.6 Å². The molecule has 4 atom stereocenters. The molecule has 4 aromatic rings. The Bertz CT molecular complexity index is 1620. The number of hydrogen-bond acceptors (Lipinski definition) is 8. The van der Waals surface area contributed by atoms with E-state index in [0.29, 0.717) is 38.1 Å². The van der Waals surface area contributed by atoms with Crippen LogP contribution in [-0.2, 0) is 40.2 Å². The molecule has 43 heavy (non-hydrogen) atoms. The minimum Gasteiger partial charge on any atom is -0.352 e. The van der Waals surface area contributed by atoms with Gasteiger partial charge >= 0.3 is 0 Å². The van der Waals surface area contributed by atoms with Gasteiger partial charge in [0, 0.05) is 23.7 Å². The summed E-state index contributed by atoms with van der Waals surface area (Å²) in [4.78, 5) is 42.3. The van der Waals surface area contributed by atoms with Gasteiger partial charge in [0.05, 0.1) is 24.7 Å². The molecule has 0 radical (unpaired) electrons. The van der Waals surface area contributed by atoms with Crippen LogP contribution in [0.15, 0.2) is 47.8 Å². The Kier molecular flexibility index (Phi) is 8.48. The summed E-state index contributed by atoms with van der Waals surface area (Å²) in [6.45, 7) is 4.80. The van der Waals surface area contributed by atoms with E-state index in [0.717, 1.165) is 34.2 Å². The SMILES string of the molecule is CC[C@H](C)[C@@H](CN[C@H]1CCc2cccc3c2N(C1=O)[C@H](C(=O)NCc1nn[nH]n1)C3)NC(=O)Cc1csc2ccccc12. The zero-order chi connectivity index (χ0) is 29.9. The molecule has 2 aliphatic rings. The molecule has 0 unspecified atom stereocenters. The van der Waals surface area contributed by atoms with Gasteiger partial charge in [-0.05, 0) is 52.3 Å². The highest BCUT2D eigenvalue weighted by Gasteiger charge is 2.43. The van der Waals surface area contributed by atoms with Gasteiger partial charge in [-0.3, -0.25) is 19.3 Å². The summed E-state index contributed by atoms with van der Waals surface area (Å²) >= 11 is 1.65. The lowest BCUT2D eigenvalue weighted by molar-refractivity contribution is -0.127. The van der Waals surface area contributed by atoms with Gasteiger partial charge in [0.1, 0.15) is 6.04 Å². The maximum Gasteiger partial charge on any atom is 0.244 e. The Labute approximate surface area is 253 Å². The molecule has 4 N–H and O–H groups in total. The van der Waals surface area contributed by atoms with Crippen molar-refractivity contribution in [2.45, 2.75) is 70.6 Å². The number of hydrogen-bond donors (Lipinski definition) is 4. The normalized spacial score (nSPS) is 19.1. The van der Waals surface area contributed by atoms with Crippen molar-refractivity contribution in [3.05, 3.63) is 70.4 Å². The summed E-state index contributed by atoms with van der Waals surface area (Å²) in [6.07, 6.45) is 2.96. The van der Waals surface area contributed by atoms with Crippen molar-refractivity contribution in [2.24, 2.45) is 5.92 Å². The van der Waals surface area contributed by atoms with Gasteiger partial charge in [-0.15, -0.1) is 21.5 Å². The first-order valence-electron chi connectivity index (χ1n) is 14.8. The quantitative estimate of drug-likeness (QED) is 0.207. The lowest BCUT2D eigenvalue weighted by Gasteiger charge is -2.30. The van der Waals surface area contributed by atoms with Crippen LogP contribution >= 0.6 is 11.3 Å². The van der Waals surface area contributed by atoms with E-state index in [4.69, 9.17) is 0 Å². The molecular formula is C31H36N8O3S. The number of para-hydroxylation sites is 1. The van der Waals surface area contributed by atoms with Crippen molar-refractivity contribution in [2.75, 3.05) is 11.4 Å². The Balaban J connectivity index is 1.14. The first kappa shape index (κ1) is 28.9. The molecule has 12 heteroatoms. The molecular weight excluding hydrogens is 564 g/mol. The summed E-state index contributed by atoms with van der Waals surface area (Å²) < 4.78 is 1.17. The molecule has 0 fully saturated rings. The number of amides is 3. The van der Waals surface area contributed by atoms with Gasteiger partial charge in [-0.1, -0.05) is 61.9 Å². The zero-order valence-corrected chi connectivity index (χ0v) is 25.1. The number of thiophene rings is 1. The van der Waals surface area contributed by atoms with Crippen molar-refractivity contribution >= 4 is 44.8 Å². The smallest absolute Gasteiger partial charge is 0.244 e. The first-order chi connectivity index (χ1) is 20.9. The van der Waals surface area contributed by atoms with Crippen molar-refractivity contribution in [3.63, 3.8) is 0 Å². The molecule has 0 saturated heterocycles. The number of benzene rings is 2. The van der Waals surface area contributed by atoms with Crippen molar-refractivity contribution in [1.29, 1.82) is 0 Å². The number of fused-ring (bicyclic) bond motifs is 1. The number of tetrazole rings is 1. The highest BCUT2D eigenvalue weighted by atomic mass is 32.1. The topological polar surface area (TPSA) is 145 Å². The molecule has 224 valence electrons. The standard InChI is InChI=1S/C31H36N8O3S/c1-3-18(2)24(34-28(40)14-21-17-43-26-10-5-4-9-22(21)26)15-32-23-12-11-19-7-6-8-20-13-25(39(29(19)20)31(23)42)30(41)33-16-27-35-37-38-36-27/h4-10,17-18,23-25,32H,3,11-16H2,1-2H3,(H,33,41)(H,34,40)(H,35,36,37,38)/t18-,23-,24+,25-/m0/s1. The highest BCUT2D eigenvalue weighted by molar-refractivity contribution is 7.17. The second-order valence-corrected chi connectivity index (χ2v) is 12.3. The third-order valence-corrected chi connectivity index (χ3v) is 9.71. The number of H-pyrrole nitrogens is 1. The summed E-state index contributed by atoms with van der Waals surface area (Å²) in [7, 11) is 0. The number of anilines is 1. The molecule has 0 bridgehead atoms. The van der Waals surface area contributed by atoms with E-state index in [9.17, 15) is 14.4 Å². The number of aryl methyl sites for hydroxylation is 1. The Morgan fingerprint density at radius 3 is 2.81 bits per heavy atom. The summed E-state index contributed by atoms with van der Waals surface area (Å²) in [5, 5.41) is 26.5. The number of carbonyl (C=O) groups excluding carboxylic acids is 3. The Morgan fingerprint density at radius 1 is 1.16 bits per heavy atom. The maximum absolute atomic E-state index is 14.1. The highest BCUT2D eigenvalue weighted by Crippen LogP contribution is 2.39. The lowest BCUT2D eigenvalue weighted by atomic mass is 9.97. The third-order valence-electron chi connectivity index (χ3n) is 8.69. The van der Waals surface area contributed by atoms with Crippen LogP contribution in [-0.4, -0.2) is 63.0 Å². The van der Waals surface area contributed by atoms with Gasteiger partial charge in [-0.25, -0.2) is 0 Å². The predicted octanol–water partition coefficient (Wildman–Crippen LogP) is 2.67. The van der Waals surface area contributed by atoms with Crippen LogP contribution < -0.4 is 20.9 Å². The Morgan fingerprint density at radius 2 is 2.00 bits per heavy atom. The first-order valence-corrected chi connectivity index (χ1v) is 15.7. The molecule has 3 amide bonds. The van der Waals surface area contributed by atoms with Crippen LogP contribution in [0.4, 0.5) is 5.69 Å². The second kappa shape index (κ2) is 12.6. The van der Waals surface area contributed by atoms with Crippen LogP contribution in [0.1, 0.15) is 49.2 Å². The molecule has 2 aliphatic heterocycles. The van der Waals surface area contributed by atoms with E-state index in [2.05, 4.69) is 67.9 Å². The number of carbonyl (C=O) groups is 3. The average molecular weight is 601 g/mol. The van der Waals surface area contributed by atoms with Gasteiger partial charge < -0.3 is 16.0 Å². The van der Waals surface area contributed by atoms with Gasteiger partial charge in [0.25, 0.3) is 0 Å². The lowest BCUT2D eigenvalue weighted by Crippen LogP contribution is -2.56. The van der Waals surface area contributed by atoms with Gasteiger partial charge in [-0.2, -0.15) is 5.21 Å². The predicted molar refractivity (Wildman–Crippen MR) is 164 cm³/mol. The van der Waals surface area contributed by atoms with E-state index in [1.807, 2.05) is 30.3 Å². The van der Waals surface area contributed by atoms with E-state index in [1.165, 1.54) is 4.70 Å². The second-order valence-electron chi connectivity index (χ2n) is 11.4. The van der Waals surface area contributed by atoms with Crippen LogP contribution in [0.5, 0.6) is 0 Å². The minimum absolute atomic E-state index is 0.0298. The van der Waals surface area contributed by atoms with E-state index in [1.54, 1.807) is 16.2 Å². The molecule has 11 nitrogen and oxygen atoms in total. The maximum atomic E-state index is 14.1. The number of rotatable bonds is 11. The largest absolute Gasteiger partial charge is 0.352 e. The van der Waals surface area contributed by atoms with E-state index in [-0.39, 0.29) is 36.2 Å². The average Bonchev–Trinajstić information content (AvgIpc) is 3.76. The van der Waals surface area contributed by atoms with E-state index < -0.39 is 12.1 Å². The number of aromatic nitrogens is 4. The summed E-state index contributed by atoms with van der Waals surface area (Å²) in [5.41, 5.74) is 3.95. The monoisotopic (exact) mass is 600 g/mol. The summed E-state index contributed by atoms with van der Waals surface area (Å²) in [6, 6.07) is 12.9. The number of nitrogens with one attached hydrogen (secondary N) is 4. The molecule has 4 heterocycles. The van der Waals surface area contributed by atoms with Crippen LogP contribution in [0.2, 0.25) is 0 Å². The van der Waals surface area contributed by atoms with Crippen LogP contribution in [0.25, 0.3) is 10.1 Å².